The minimum atomic E-state index is -0.213. The molecule has 2 rings (SSSR count). The second kappa shape index (κ2) is 11.6. The molecule has 0 saturated heterocycles. The Morgan fingerprint density at radius 1 is 0.833 bits per heavy atom. The maximum atomic E-state index is 12.2. The molecule has 30 heavy (non-hydrogen) atoms. The van der Waals surface area contributed by atoms with Crippen LogP contribution in [0, 0.1) is 0 Å². The lowest BCUT2D eigenvalue weighted by atomic mass is 10.2. The molecule has 0 radical (unpaired) electrons. The van der Waals surface area contributed by atoms with Gasteiger partial charge in [0, 0.05) is 43.1 Å². The number of nitrogens with zero attached hydrogens (tertiary/aromatic N) is 1. The van der Waals surface area contributed by atoms with Crippen LogP contribution in [0.1, 0.15) is 43.0 Å². The van der Waals surface area contributed by atoms with Crippen LogP contribution in [0.4, 0.5) is 17.1 Å². The van der Waals surface area contributed by atoms with E-state index in [1.807, 2.05) is 0 Å². The van der Waals surface area contributed by atoms with Gasteiger partial charge in [-0.15, -0.1) is 0 Å². The van der Waals surface area contributed by atoms with E-state index in [1.54, 1.807) is 62.6 Å². The number of anilines is 3. The third-order valence-electron chi connectivity index (χ3n) is 4.43. The molecule has 0 bridgehead atoms. The summed E-state index contributed by atoms with van der Waals surface area (Å²) in [5, 5.41) is 8.70. The van der Waals surface area contributed by atoms with Crippen molar-refractivity contribution in [1.29, 1.82) is 0 Å². The molecule has 0 heterocycles. The Morgan fingerprint density at radius 2 is 1.47 bits per heavy atom. The first-order valence-corrected chi connectivity index (χ1v) is 10.1. The minimum Gasteiger partial charge on any atom is -0.376 e. The van der Waals surface area contributed by atoms with Gasteiger partial charge in [-0.3, -0.25) is 14.4 Å². The van der Waals surface area contributed by atoms with Crippen molar-refractivity contribution in [2.45, 2.75) is 32.6 Å². The molecule has 0 saturated carbocycles. The monoisotopic (exact) mass is 410 g/mol. The van der Waals surface area contributed by atoms with Crippen molar-refractivity contribution < 1.29 is 14.4 Å². The summed E-state index contributed by atoms with van der Waals surface area (Å²) in [6, 6.07) is 14.0. The maximum Gasteiger partial charge on any atom is 0.253 e. The summed E-state index contributed by atoms with van der Waals surface area (Å²) in [4.78, 5) is 37.6. The molecule has 3 N–H and O–H groups in total. The quantitative estimate of drug-likeness (QED) is 0.517. The van der Waals surface area contributed by atoms with E-state index >= 15 is 0 Å². The Kier molecular flexibility index (Phi) is 8.87. The van der Waals surface area contributed by atoms with Gasteiger partial charge in [-0.2, -0.15) is 0 Å². The highest BCUT2D eigenvalue weighted by molar-refractivity contribution is 5.96. The number of unbranched alkanes of at least 4 members (excludes halogenated alkanes) is 2. The van der Waals surface area contributed by atoms with E-state index in [-0.39, 0.29) is 24.3 Å². The van der Waals surface area contributed by atoms with Crippen LogP contribution < -0.4 is 16.0 Å². The van der Waals surface area contributed by atoms with E-state index in [1.165, 1.54) is 4.90 Å². The van der Waals surface area contributed by atoms with Crippen LogP contribution in [0.15, 0.2) is 48.5 Å². The number of hydrogen-bond acceptors (Lipinski definition) is 4. The molecule has 0 aliphatic rings. The van der Waals surface area contributed by atoms with Gasteiger partial charge in [0.1, 0.15) is 0 Å². The summed E-state index contributed by atoms with van der Waals surface area (Å²) in [7, 11) is 3.40. The van der Waals surface area contributed by atoms with Gasteiger partial charge in [-0.05, 0) is 48.9 Å². The number of benzene rings is 2. The van der Waals surface area contributed by atoms with E-state index in [2.05, 4.69) is 22.9 Å². The SMILES string of the molecule is CCCCCC(=O)Nc1cccc(NC(=O)CNc2ccc(C(=O)N(C)C)cc2)c1. The molecule has 2 aromatic carbocycles. The molecule has 0 atom stereocenters. The molecule has 0 unspecified atom stereocenters. The zero-order valence-electron chi connectivity index (χ0n) is 17.8. The van der Waals surface area contributed by atoms with Crippen LogP contribution in [0.25, 0.3) is 0 Å². The van der Waals surface area contributed by atoms with E-state index in [9.17, 15) is 14.4 Å². The van der Waals surface area contributed by atoms with E-state index in [4.69, 9.17) is 0 Å². The lowest BCUT2D eigenvalue weighted by molar-refractivity contribution is -0.116. The van der Waals surface area contributed by atoms with Gasteiger partial charge < -0.3 is 20.9 Å². The van der Waals surface area contributed by atoms with Crippen molar-refractivity contribution >= 4 is 34.8 Å². The largest absolute Gasteiger partial charge is 0.376 e. The number of carbonyl (C=O) groups excluding carboxylic acids is 3. The van der Waals surface area contributed by atoms with Crippen LogP contribution >= 0.6 is 0 Å². The number of rotatable bonds is 10. The number of hydrogen-bond donors (Lipinski definition) is 3. The lowest BCUT2D eigenvalue weighted by Crippen LogP contribution is -2.22. The molecule has 0 aliphatic carbocycles. The topological polar surface area (TPSA) is 90.5 Å². The second-order valence-corrected chi connectivity index (χ2v) is 7.26. The molecule has 7 heteroatoms. The molecule has 7 nitrogen and oxygen atoms in total. The average Bonchev–Trinajstić information content (AvgIpc) is 2.72. The van der Waals surface area contributed by atoms with Crippen molar-refractivity contribution in [2.75, 3.05) is 36.6 Å². The fourth-order valence-electron chi connectivity index (χ4n) is 2.81. The highest BCUT2D eigenvalue weighted by Gasteiger charge is 2.08. The third kappa shape index (κ3) is 7.58. The molecule has 0 aromatic heterocycles. The molecule has 0 spiro atoms. The van der Waals surface area contributed by atoms with Crippen molar-refractivity contribution in [3.05, 3.63) is 54.1 Å². The van der Waals surface area contributed by atoms with Crippen molar-refractivity contribution in [3.63, 3.8) is 0 Å². The first kappa shape index (κ1) is 22.9. The third-order valence-corrected chi connectivity index (χ3v) is 4.43. The zero-order valence-corrected chi connectivity index (χ0v) is 17.8. The van der Waals surface area contributed by atoms with E-state index in [0.29, 0.717) is 23.4 Å². The fraction of sp³-hybridized carbons (Fsp3) is 0.348. The number of nitrogens with one attached hydrogen (secondary N) is 3. The Labute approximate surface area is 177 Å². The summed E-state index contributed by atoms with van der Waals surface area (Å²) in [5.41, 5.74) is 2.60. The Morgan fingerprint density at radius 3 is 2.07 bits per heavy atom. The molecule has 2 aromatic rings. The highest BCUT2D eigenvalue weighted by Crippen LogP contribution is 2.16. The van der Waals surface area contributed by atoms with Gasteiger partial charge in [-0.1, -0.05) is 25.8 Å². The summed E-state index contributed by atoms with van der Waals surface area (Å²) in [6.07, 6.45) is 3.47. The second-order valence-electron chi connectivity index (χ2n) is 7.26. The normalized spacial score (nSPS) is 10.2. The maximum absolute atomic E-state index is 12.2. The number of amides is 3. The Balaban J connectivity index is 1.83. The van der Waals surface area contributed by atoms with Crippen molar-refractivity contribution in [2.24, 2.45) is 0 Å². The van der Waals surface area contributed by atoms with Crippen LogP contribution in [-0.4, -0.2) is 43.3 Å². The Hall–Kier alpha value is -3.35. The van der Waals surface area contributed by atoms with E-state index < -0.39 is 0 Å². The van der Waals surface area contributed by atoms with Crippen LogP contribution in [0.3, 0.4) is 0 Å². The van der Waals surface area contributed by atoms with Crippen LogP contribution in [0.2, 0.25) is 0 Å². The van der Waals surface area contributed by atoms with Gasteiger partial charge >= 0.3 is 0 Å². The average molecular weight is 411 g/mol. The van der Waals surface area contributed by atoms with Crippen molar-refractivity contribution in [1.82, 2.24) is 4.90 Å². The molecule has 3 amide bonds. The zero-order chi connectivity index (χ0) is 21.9. The molecule has 0 aliphatic heterocycles. The number of carbonyl (C=O) groups is 3. The van der Waals surface area contributed by atoms with Gasteiger partial charge in [-0.25, -0.2) is 0 Å². The van der Waals surface area contributed by atoms with E-state index in [0.717, 1.165) is 24.9 Å². The molecule has 0 fully saturated rings. The minimum absolute atomic E-state index is 0.0233. The summed E-state index contributed by atoms with van der Waals surface area (Å²) < 4.78 is 0. The molecule has 160 valence electrons. The predicted octanol–water partition coefficient (Wildman–Crippen LogP) is 3.96. The molecular formula is C23H30N4O3. The van der Waals surface area contributed by atoms with Gasteiger partial charge in [0.15, 0.2) is 0 Å². The van der Waals surface area contributed by atoms with Gasteiger partial charge in [0.05, 0.1) is 6.54 Å². The smallest absolute Gasteiger partial charge is 0.253 e. The standard InChI is InChI=1S/C23H30N4O3/c1-4-5-6-10-21(28)25-19-8-7-9-20(15-19)26-22(29)16-24-18-13-11-17(12-14-18)23(30)27(2)3/h7-9,11-15,24H,4-6,10,16H2,1-3H3,(H,25,28)(H,26,29). The highest BCUT2D eigenvalue weighted by atomic mass is 16.2. The summed E-state index contributed by atoms with van der Waals surface area (Å²) >= 11 is 0. The van der Waals surface area contributed by atoms with Crippen LogP contribution in [-0.2, 0) is 9.59 Å². The van der Waals surface area contributed by atoms with Crippen molar-refractivity contribution in [3.8, 4) is 0 Å². The molecular weight excluding hydrogens is 380 g/mol. The van der Waals surface area contributed by atoms with Crippen LogP contribution in [0.5, 0.6) is 0 Å². The summed E-state index contributed by atoms with van der Waals surface area (Å²) in [5.74, 6) is -0.309. The first-order valence-electron chi connectivity index (χ1n) is 10.1. The van der Waals surface area contributed by atoms with Gasteiger partial charge in [0.25, 0.3) is 5.91 Å². The van der Waals surface area contributed by atoms with Gasteiger partial charge in [0.2, 0.25) is 11.8 Å². The predicted molar refractivity (Wildman–Crippen MR) is 121 cm³/mol. The lowest BCUT2D eigenvalue weighted by Gasteiger charge is -2.12. The fourth-order valence-corrected chi connectivity index (χ4v) is 2.81. The Bertz CT molecular complexity index is 863. The summed E-state index contributed by atoms with van der Waals surface area (Å²) in [6.45, 7) is 2.18. The first-order chi connectivity index (χ1) is 14.4.